The Morgan fingerprint density at radius 1 is 1.83 bits per heavy atom. The minimum atomic E-state index is 0. The summed E-state index contributed by atoms with van der Waals surface area (Å²) in [5.74, 6) is 0. The Kier molecular flexibility index (Phi) is 2.25. The summed E-state index contributed by atoms with van der Waals surface area (Å²) < 4.78 is 4.86. The van der Waals surface area contributed by atoms with Gasteiger partial charge in [0.05, 0.1) is 12.7 Å². The molecule has 1 fully saturated rings. The molecule has 1 heterocycles. The van der Waals surface area contributed by atoms with Crippen molar-refractivity contribution in [1.29, 1.82) is 0 Å². The number of rotatable bonds is 1. The van der Waals surface area contributed by atoms with Crippen LogP contribution in [-0.2, 0) is 4.74 Å². The zero-order chi connectivity index (χ0) is 3.70. The molecule has 0 N–H and O–H groups in total. The van der Waals surface area contributed by atoms with Crippen LogP contribution in [0.5, 0.6) is 0 Å². The molecule has 1 nitrogen and oxygen atoms in total. The van der Waals surface area contributed by atoms with Crippen molar-refractivity contribution in [3.63, 3.8) is 0 Å². The van der Waals surface area contributed by atoms with Gasteiger partial charge in [0.15, 0.2) is 0 Å². The van der Waals surface area contributed by atoms with Crippen molar-refractivity contribution in [3.05, 3.63) is 0 Å². The third-order valence-corrected chi connectivity index (χ3v) is 0.858. The van der Waals surface area contributed by atoms with Gasteiger partial charge in [-0.2, -0.15) is 0 Å². The zero-order valence-electron chi connectivity index (χ0n) is 3.98. The Morgan fingerprint density at radius 2 is 2.33 bits per heavy atom. The summed E-state index contributed by atoms with van der Waals surface area (Å²) in [6.07, 6.45) is 1.83. The first-order valence-corrected chi connectivity index (χ1v) is 2.05. The van der Waals surface area contributed by atoms with E-state index in [0.29, 0.717) is 6.10 Å². The van der Waals surface area contributed by atoms with Crippen LogP contribution in [-0.4, -0.2) is 21.1 Å². The van der Waals surface area contributed by atoms with Crippen molar-refractivity contribution in [3.8, 4) is 0 Å². The van der Waals surface area contributed by atoms with Crippen LogP contribution in [0.3, 0.4) is 0 Å². The fraction of sp³-hybridized carbons (Fsp3) is 1.00. The predicted octanol–water partition coefficient (Wildman–Crippen LogP) is 0.414. The van der Waals surface area contributed by atoms with Gasteiger partial charge in [-0.15, -0.1) is 0 Å². The summed E-state index contributed by atoms with van der Waals surface area (Å²) in [6.45, 7) is 3.15. The number of hydrogen-bond acceptors (Lipinski definition) is 1. The predicted molar refractivity (Wildman–Crippen MR) is 25.8 cm³/mol. The highest BCUT2D eigenvalue weighted by atomic mass is 16.6. The summed E-state index contributed by atoms with van der Waals surface area (Å²) in [7, 11) is 0. The van der Waals surface area contributed by atoms with E-state index in [9.17, 15) is 0 Å². The Morgan fingerprint density at radius 3 is 2.33 bits per heavy atom. The molecule has 6 heavy (non-hydrogen) atoms. The van der Waals surface area contributed by atoms with E-state index < -0.39 is 0 Å². The summed E-state index contributed by atoms with van der Waals surface area (Å²) in [5, 5.41) is 0. The van der Waals surface area contributed by atoms with Crippen LogP contribution in [0.15, 0.2) is 0 Å². The molecule has 0 bridgehead atoms. The standard InChI is InChI=1S/C4H8O.B/c1-2-4-3-5-4;/h4H,2-3H2,1H3;. The lowest BCUT2D eigenvalue weighted by Crippen LogP contribution is -1.73. The first-order chi connectivity index (χ1) is 2.43. The Labute approximate surface area is 40.3 Å². The fourth-order valence-electron chi connectivity index (χ4n) is 0.304. The number of epoxide rings is 1. The van der Waals surface area contributed by atoms with E-state index in [0.717, 1.165) is 6.61 Å². The van der Waals surface area contributed by atoms with Crippen LogP contribution in [0.2, 0.25) is 0 Å². The number of hydrogen-bond donors (Lipinski definition) is 0. The molecule has 1 rings (SSSR count). The van der Waals surface area contributed by atoms with Gasteiger partial charge in [0.1, 0.15) is 0 Å². The molecule has 0 aromatic heterocycles. The molecule has 1 aliphatic rings. The molecular formula is C4H8BO. The van der Waals surface area contributed by atoms with Gasteiger partial charge in [0.25, 0.3) is 0 Å². The van der Waals surface area contributed by atoms with E-state index in [1.54, 1.807) is 0 Å². The molecule has 1 unspecified atom stereocenters. The van der Waals surface area contributed by atoms with Gasteiger partial charge >= 0.3 is 0 Å². The largest absolute Gasteiger partial charge is 0.373 e. The molecule has 0 amide bonds. The molecule has 0 aromatic rings. The molecule has 0 aliphatic carbocycles. The van der Waals surface area contributed by atoms with Crippen molar-refractivity contribution >= 4 is 8.41 Å². The highest BCUT2D eigenvalue weighted by molar-refractivity contribution is 5.75. The maximum Gasteiger partial charge on any atom is 0.0807 e. The zero-order valence-corrected chi connectivity index (χ0v) is 3.98. The third-order valence-electron chi connectivity index (χ3n) is 0.858. The first kappa shape index (κ1) is 6.02. The summed E-state index contributed by atoms with van der Waals surface area (Å²) in [6, 6.07) is 0. The summed E-state index contributed by atoms with van der Waals surface area (Å²) in [5.41, 5.74) is 0. The van der Waals surface area contributed by atoms with E-state index in [1.165, 1.54) is 6.42 Å². The highest BCUT2D eigenvalue weighted by Gasteiger charge is 2.18. The first-order valence-electron chi connectivity index (χ1n) is 2.05. The topological polar surface area (TPSA) is 12.5 Å². The SMILES string of the molecule is CCC1CO1.[B]. The maximum absolute atomic E-state index is 4.86. The molecule has 0 saturated carbocycles. The average Bonchev–Trinajstić information content (AvgIpc) is 2.12. The Bertz CT molecular complexity index is 34.5. The van der Waals surface area contributed by atoms with Crippen molar-refractivity contribution in [2.45, 2.75) is 19.4 Å². The normalized spacial score (nSPS) is 28.5. The van der Waals surface area contributed by atoms with Crippen LogP contribution >= 0.6 is 0 Å². The number of ether oxygens (including phenoxy) is 1. The van der Waals surface area contributed by atoms with Crippen LogP contribution in [0.1, 0.15) is 13.3 Å². The van der Waals surface area contributed by atoms with E-state index in [-0.39, 0.29) is 8.41 Å². The second-order valence-corrected chi connectivity index (χ2v) is 1.36. The van der Waals surface area contributed by atoms with Crippen molar-refractivity contribution in [2.75, 3.05) is 6.61 Å². The van der Waals surface area contributed by atoms with Crippen LogP contribution in [0, 0.1) is 0 Å². The Hall–Kier alpha value is 0.0249. The van der Waals surface area contributed by atoms with Gasteiger partial charge in [-0.05, 0) is 6.42 Å². The fourth-order valence-corrected chi connectivity index (χ4v) is 0.304. The highest BCUT2D eigenvalue weighted by Crippen LogP contribution is 2.10. The second kappa shape index (κ2) is 2.24. The molecule has 0 aromatic carbocycles. The smallest absolute Gasteiger partial charge is 0.0807 e. The van der Waals surface area contributed by atoms with Crippen LogP contribution in [0.25, 0.3) is 0 Å². The van der Waals surface area contributed by atoms with Gasteiger partial charge in [0.2, 0.25) is 0 Å². The Balaban J connectivity index is 0.000000250. The lowest BCUT2D eigenvalue weighted by Gasteiger charge is -1.69. The van der Waals surface area contributed by atoms with Gasteiger partial charge in [-0.3, -0.25) is 0 Å². The molecule has 0 spiro atoms. The summed E-state index contributed by atoms with van der Waals surface area (Å²) in [4.78, 5) is 0. The molecule has 1 saturated heterocycles. The van der Waals surface area contributed by atoms with E-state index in [4.69, 9.17) is 4.74 Å². The summed E-state index contributed by atoms with van der Waals surface area (Å²) >= 11 is 0. The molecule has 1 aliphatic heterocycles. The van der Waals surface area contributed by atoms with Gasteiger partial charge in [-0.25, -0.2) is 0 Å². The molecule has 33 valence electrons. The van der Waals surface area contributed by atoms with Crippen molar-refractivity contribution in [1.82, 2.24) is 0 Å². The molecule has 3 radical (unpaired) electrons. The van der Waals surface area contributed by atoms with E-state index in [2.05, 4.69) is 6.92 Å². The van der Waals surface area contributed by atoms with Gasteiger partial charge in [0, 0.05) is 8.41 Å². The van der Waals surface area contributed by atoms with Crippen LogP contribution in [0.4, 0.5) is 0 Å². The van der Waals surface area contributed by atoms with Crippen molar-refractivity contribution < 1.29 is 4.74 Å². The third kappa shape index (κ3) is 1.46. The monoisotopic (exact) mass is 83.1 g/mol. The lowest BCUT2D eigenvalue weighted by molar-refractivity contribution is 0.403. The van der Waals surface area contributed by atoms with Crippen LogP contribution < -0.4 is 0 Å². The molecule has 1 atom stereocenters. The average molecular weight is 82.9 g/mol. The minimum absolute atomic E-state index is 0. The molecular weight excluding hydrogens is 74.9 g/mol. The molecule has 2 heteroatoms. The van der Waals surface area contributed by atoms with Gasteiger partial charge < -0.3 is 4.74 Å². The quantitative estimate of drug-likeness (QED) is 0.330. The van der Waals surface area contributed by atoms with E-state index >= 15 is 0 Å². The maximum atomic E-state index is 4.86. The van der Waals surface area contributed by atoms with E-state index in [1.807, 2.05) is 0 Å². The minimum Gasteiger partial charge on any atom is -0.373 e. The lowest BCUT2D eigenvalue weighted by atomic mass is 10.4. The van der Waals surface area contributed by atoms with Crippen molar-refractivity contribution in [2.24, 2.45) is 0 Å². The second-order valence-electron chi connectivity index (χ2n) is 1.36. The van der Waals surface area contributed by atoms with Gasteiger partial charge in [-0.1, -0.05) is 6.92 Å².